The van der Waals surface area contributed by atoms with E-state index in [1.807, 2.05) is 43.6 Å². The van der Waals surface area contributed by atoms with Gasteiger partial charge >= 0.3 is 0 Å². The molecular formula is C15H16N4O. The Morgan fingerprint density at radius 3 is 2.75 bits per heavy atom. The zero-order chi connectivity index (χ0) is 14.1. The molecule has 0 aliphatic rings. The summed E-state index contributed by atoms with van der Waals surface area (Å²) in [5, 5.41) is 8.60. The molecule has 0 saturated carbocycles. The maximum absolute atomic E-state index is 5.38. The first kappa shape index (κ1) is 12.5. The smallest absolute Gasteiger partial charge is 0.153 e. The second kappa shape index (κ2) is 4.85. The van der Waals surface area contributed by atoms with Gasteiger partial charge in [0.2, 0.25) is 0 Å². The van der Waals surface area contributed by atoms with Gasteiger partial charge in [0.25, 0.3) is 0 Å². The molecule has 1 aromatic carbocycles. The monoisotopic (exact) mass is 268 g/mol. The molecule has 2 heterocycles. The summed E-state index contributed by atoms with van der Waals surface area (Å²) in [6.07, 6.45) is 1.89. The standard InChI is InChI=1S/C15H16N4O/c1-10-9-14(16-13-7-8-19(2)18-13)17-15-11(10)5-4-6-12(15)20-3/h4-9H,1-3H3,(H,16,17,18). The first-order valence-electron chi connectivity index (χ1n) is 6.38. The average molecular weight is 268 g/mol. The third kappa shape index (κ3) is 2.18. The molecule has 5 heteroatoms. The lowest BCUT2D eigenvalue weighted by Crippen LogP contribution is -1.98. The van der Waals surface area contributed by atoms with Crippen LogP contribution in [0.25, 0.3) is 10.9 Å². The Balaban J connectivity index is 2.08. The molecule has 1 N–H and O–H groups in total. The summed E-state index contributed by atoms with van der Waals surface area (Å²) in [5.41, 5.74) is 2.00. The van der Waals surface area contributed by atoms with Crippen LogP contribution in [-0.2, 0) is 7.05 Å². The van der Waals surface area contributed by atoms with Gasteiger partial charge in [-0.1, -0.05) is 12.1 Å². The second-order valence-corrected chi connectivity index (χ2v) is 4.68. The van der Waals surface area contributed by atoms with Gasteiger partial charge in [0.05, 0.1) is 7.11 Å². The molecule has 3 rings (SSSR count). The Labute approximate surface area is 117 Å². The summed E-state index contributed by atoms with van der Waals surface area (Å²) < 4.78 is 7.13. The van der Waals surface area contributed by atoms with Gasteiger partial charge in [-0.3, -0.25) is 4.68 Å². The number of methoxy groups -OCH3 is 1. The largest absolute Gasteiger partial charge is 0.494 e. The maximum atomic E-state index is 5.38. The quantitative estimate of drug-likeness (QED) is 0.793. The van der Waals surface area contributed by atoms with Gasteiger partial charge in [0.15, 0.2) is 5.82 Å². The fourth-order valence-corrected chi connectivity index (χ4v) is 2.23. The number of nitrogens with zero attached hydrogens (tertiary/aromatic N) is 3. The van der Waals surface area contributed by atoms with Crippen molar-refractivity contribution in [1.82, 2.24) is 14.8 Å². The van der Waals surface area contributed by atoms with E-state index in [9.17, 15) is 0 Å². The van der Waals surface area contributed by atoms with Crippen LogP contribution in [0.1, 0.15) is 5.56 Å². The zero-order valence-electron chi connectivity index (χ0n) is 11.7. The van der Waals surface area contributed by atoms with Crippen molar-refractivity contribution < 1.29 is 4.74 Å². The molecule has 0 radical (unpaired) electrons. The number of hydrogen-bond donors (Lipinski definition) is 1. The van der Waals surface area contributed by atoms with Crippen LogP contribution in [0.15, 0.2) is 36.5 Å². The number of nitrogens with one attached hydrogen (secondary N) is 1. The van der Waals surface area contributed by atoms with Crippen LogP contribution in [0, 0.1) is 6.92 Å². The highest BCUT2D eigenvalue weighted by Crippen LogP contribution is 2.28. The van der Waals surface area contributed by atoms with E-state index in [0.717, 1.165) is 33.9 Å². The first-order chi connectivity index (χ1) is 9.67. The molecular weight excluding hydrogens is 252 g/mol. The van der Waals surface area contributed by atoms with Gasteiger partial charge in [-0.2, -0.15) is 5.10 Å². The predicted octanol–water partition coefficient (Wildman–Crippen LogP) is 3.03. The number of ether oxygens (including phenoxy) is 1. The average Bonchev–Trinajstić information content (AvgIpc) is 2.83. The van der Waals surface area contributed by atoms with Crippen LogP contribution in [0.2, 0.25) is 0 Å². The molecule has 3 aromatic rings. The topological polar surface area (TPSA) is 52.0 Å². The summed E-state index contributed by atoms with van der Waals surface area (Å²) in [5.74, 6) is 2.31. The molecule has 0 aliphatic carbocycles. The van der Waals surface area contributed by atoms with Crippen molar-refractivity contribution >= 4 is 22.5 Å². The van der Waals surface area contributed by atoms with Gasteiger partial charge in [-0.15, -0.1) is 0 Å². The molecule has 0 unspecified atom stereocenters. The maximum Gasteiger partial charge on any atom is 0.153 e. The third-order valence-electron chi connectivity index (χ3n) is 3.20. The van der Waals surface area contributed by atoms with Crippen molar-refractivity contribution in [1.29, 1.82) is 0 Å². The number of para-hydroxylation sites is 1. The number of hydrogen-bond acceptors (Lipinski definition) is 4. The zero-order valence-corrected chi connectivity index (χ0v) is 11.7. The minimum Gasteiger partial charge on any atom is -0.494 e. The summed E-state index contributed by atoms with van der Waals surface area (Å²) in [6.45, 7) is 2.06. The normalized spacial score (nSPS) is 10.8. The summed E-state index contributed by atoms with van der Waals surface area (Å²) in [6, 6.07) is 9.85. The predicted molar refractivity (Wildman–Crippen MR) is 79.5 cm³/mol. The number of aryl methyl sites for hydroxylation is 2. The van der Waals surface area contributed by atoms with E-state index < -0.39 is 0 Å². The number of aromatic nitrogens is 3. The number of anilines is 2. The molecule has 0 atom stereocenters. The SMILES string of the molecule is COc1cccc2c(C)cc(Nc3ccn(C)n3)nc12. The van der Waals surface area contributed by atoms with E-state index in [1.165, 1.54) is 0 Å². The molecule has 0 aliphatic heterocycles. The summed E-state index contributed by atoms with van der Waals surface area (Å²) in [4.78, 5) is 4.63. The lowest BCUT2D eigenvalue weighted by molar-refractivity contribution is 0.419. The lowest BCUT2D eigenvalue weighted by Gasteiger charge is -2.10. The van der Waals surface area contributed by atoms with Crippen LogP contribution in [0.3, 0.4) is 0 Å². The first-order valence-corrected chi connectivity index (χ1v) is 6.38. The van der Waals surface area contributed by atoms with E-state index in [4.69, 9.17) is 4.74 Å². The molecule has 0 amide bonds. The van der Waals surface area contributed by atoms with Gasteiger partial charge in [0.1, 0.15) is 17.1 Å². The minimum absolute atomic E-state index is 0.762. The van der Waals surface area contributed by atoms with E-state index in [0.29, 0.717) is 0 Å². The Morgan fingerprint density at radius 1 is 1.20 bits per heavy atom. The van der Waals surface area contributed by atoms with Crippen molar-refractivity contribution in [3.8, 4) is 5.75 Å². The Morgan fingerprint density at radius 2 is 2.05 bits per heavy atom. The van der Waals surface area contributed by atoms with E-state index in [-0.39, 0.29) is 0 Å². The highest BCUT2D eigenvalue weighted by Gasteiger charge is 2.08. The van der Waals surface area contributed by atoms with Crippen LogP contribution in [0.4, 0.5) is 11.6 Å². The number of rotatable bonds is 3. The van der Waals surface area contributed by atoms with Gasteiger partial charge in [-0.25, -0.2) is 4.98 Å². The van der Waals surface area contributed by atoms with Crippen LogP contribution in [0.5, 0.6) is 5.75 Å². The van der Waals surface area contributed by atoms with Gasteiger partial charge in [-0.05, 0) is 24.6 Å². The minimum atomic E-state index is 0.762. The second-order valence-electron chi connectivity index (χ2n) is 4.68. The van der Waals surface area contributed by atoms with Crippen molar-refractivity contribution in [2.45, 2.75) is 6.92 Å². The molecule has 0 saturated heterocycles. The molecule has 20 heavy (non-hydrogen) atoms. The molecule has 0 bridgehead atoms. The molecule has 102 valence electrons. The molecule has 0 spiro atoms. The highest BCUT2D eigenvalue weighted by molar-refractivity contribution is 5.89. The van der Waals surface area contributed by atoms with Crippen LogP contribution in [-0.4, -0.2) is 21.9 Å². The van der Waals surface area contributed by atoms with Crippen molar-refractivity contribution in [3.63, 3.8) is 0 Å². The fraction of sp³-hybridized carbons (Fsp3) is 0.200. The molecule has 5 nitrogen and oxygen atoms in total. The molecule has 2 aromatic heterocycles. The number of benzene rings is 1. The Bertz CT molecular complexity index is 764. The van der Waals surface area contributed by atoms with Gasteiger partial charge in [0, 0.05) is 24.7 Å². The Kier molecular flexibility index (Phi) is 3.02. The van der Waals surface area contributed by atoms with Crippen LogP contribution < -0.4 is 10.1 Å². The van der Waals surface area contributed by atoms with Gasteiger partial charge < -0.3 is 10.1 Å². The fourth-order valence-electron chi connectivity index (χ4n) is 2.23. The third-order valence-corrected chi connectivity index (χ3v) is 3.20. The number of fused-ring (bicyclic) bond motifs is 1. The highest BCUT2D eigenvalue weighted by atomic mass is 16.5. The van der Waals surface area contributed by atoms with Crippen molar-refractivity contribution in [2.75, 3.05) is 12.4 Å². The summed E-state index contributed by atoms with van der Waals surface area (Å²) >= 11 is 0. The van der Waals surface area contributed by atoms with Crippen molar-refractivity contribution in [3.05, 3.63) is 42.1 Å². The summed E-state index contributed by atoms with van der Waals surface area (Å²) in [7, 11) is 3.54. The van der Waals surface area contributed by atoms with Crippen molar-refractivity contribution in [2.24, 2.45) is 7.05 Å². The van der Waals surface area contributed by atoms with Crippen LogP contribution >= 0.6 is 0 Å². The van der Waals surface area contributed by atoms with E-state index in [2.05, 4.69) is 22.3 Å². The molecule has 0 fully saturated rings. The number of pyridine rings is 1. The van der Waals surface area contributed by atoms with E-state index in [1.54, 1.807) is 11.8 Å². The lowest BCUT2D eigenvalue weighted by atomic mass is 10.1. The Hall–Kier alpha value is -2.56. The van der Waals surface area contributed by atoms with E-state index >= 15 is 0 Å².